The standard InChI is InChI=1S/C33H39BrN4O4/c34-27-13-11-26(29(22-27)32(35)40)12-16-31(39)37-30(33(41)36-17-20-38-18-5-2-6-19-38)21-24-9-14-28(15-10-24)42-23-25-7-3-1-4-8-25/h1,3-4,7-11,13-15,22,30H,2,5-6,12,16-21,23H2,(H2,35,40)(H,36,41)(H,37,39). The van der Waals surface area contributed by atoms with E-state index in [1.165, 1.54) is 19.3 Å². The molecule has 1 atom stereocenters. The van der Waals surface area contributed by atoms with Gasteiger partial charge in [-0.05, 0) is 73.3 Å². The van der Waals surface area contributed by atoms with Gasteiger partial charge in [-0.15, -0.1) is 0 Å². The zero-order valence-corrected chi connectivity index (χ0v) is 25.4. The number of carbonyl (C=O) groups excluding carboxylic acids is 3. The number of nitrogens with zero attached hydrogens (tertiary/aromatic N) is 1. The van der Waals surface area contributed by atoms with Gasteiger partial charge in [0.15, 0.2) is 0 Å². The van der Waals surface area contributed by atoms with Crippen molar-refractivity contribution in [3.63, 3.8) is 0 Å². The number of halogens is 1. The molecular formula is C33H39BrN4O4. The second-order valence-electron chi connectivity index (χ2n) is 10.6. The monoisotopic (exact) mass is 634 g/mol. The number of benzene rings is 3. The molecule has 222 valence electrons. The van der Waals surface area contributed by atoms with Crippen LogP contribution in [0.15, 0.2) is 77.3 Å². The molecule has 8 nitrogen and oxygen atoms in total. The number of hydrogen-bond donors (Lipinski definition) is 3. The van der Waals surface area contributed by atoms with Crippen molar-refractivity contribution in [2.45, 2.75) is 51.2 Å². The summed E-state index contributed by atoms with van der Waals surface area (Å²) in [6, 6.07) is 22.0. The van der Waals surface area contributed by atoms with Gasteiger partial charge < -0.3 is 26.0 Å². The lowest BCUT2D eigenvalue weighted by atomic mass is 10.0. The third-order valence-corrected chi connectivity index (χ3v) is 7.89. The smallest absolute Gasteiger partial charge is 0.249 e. The second-order valence-corrected chi connectivity index (χ2v) is 11.5. The van der Waals surface area contributed by atoms with Crippen LogP contribution >= 0.6 is 15.9 Å². The molecule has 1 aliphatic rings. The molecule has 3 amide bonds. The quantitative estimate of drug-likeness (QED) is 0.243. The zero-order valence-electron chi connectivity index (χ0n) is 23.8. The highest BCUT2D eigenvalue weighted by Gasteiger charge is 2.22. The molecule has 0 saturated carbocycles. The molecule has 1 unspecified atom stereocenters. The Morgan fingerprint density at radius 2 is 1.67 bits per heavy atom. The van der Waals surface area contributed by atoms with Gasteiger partial charge >= 0.3 is 0 Å². The van der Waals surface area contributed by atoms with Crippen LogP contribution in [0, 0.1) is 0 Å². The largest absolute Gasteiger partial charge is 0.489 e. The van der Waals surface area contributed by atoms with Gasteiger partial charge in [0.2, 0.25) is 17.7 Å². The van der Waals surface area contributed by atoms with Gasteiger partial charge in [-0.2, -0.15) is 0 Å². The Labute approximate surface area is 256 Å². The molecule has 1 aliphatic heterocycles. The molecule has 0 aromatic heterocycles. The maximum atomic E-state index is 13.3. The van der Waals surface area contributed by atoms with Gasteiger partial charge in [-0.25, -0.2) is 0 Å². The van der Waals surface area contributed by atoms with E-state index in [-0.39, 0.29) is 18.2 Å². The third kappa shape index (κ3) is 9.99. The summed E-state index contributed by atoms with van der Waals surface area (Å²) >= 11 is 3.35. The van der Waals surface area contributed by atoms with E-state index in [0.29, 0.717) is 37.1 Å². The van der Waals surface area contributed by atoms with E-state index in [9.17, 15) is 14.4 Å². The molecular weight excluding hydrogens is 596 g/mol. The number of hydrogen-bond acceptors (Lipinski definition) is 5. The summed E-state index contributed by atoms with van der Waals surface area (Å²) in [6.07, 6.45) is 4.42. The van der Waals surface area contributed by atoms with Crippen molar-refractivity contribution in [1.29, 1.82) is 0 Å². The van der Waals surface area contributed by atoms with Crippen molar-refractivity contribution in [2.24, 2.45) is 5.73 Å². The lowest BCUT2D eigenvalue weighted by molar-refractivity contribution is -0.129. The number of amides is 3. The number of piperidine rings is 1. The van der Waals surface area contributed by atoms with E-state index in [1.54, 1.807) is 12.1 Å². The summed E-state index contributed by atoms with van der Waals surface area (Å²) in [4.78, 5) is 40.5. The van der Waals surface area contributed by atoms with Gasteiger partial charge in [-0.3, -0.25) is 14.4 Å². The van der Waals surface area contributed by atoms with Gasteiger partial charge in [-0.1, -0.05) is 70.9 Å². The van der Waals surface area contributed by atoms with Crippen LogP contribution < -0.4 is 21.1 Å². The lowest BCUT2D eigenvalue weighted by Gasteiger charge is -2.27. The van der Waals surface area contributed by atoms with Gasteiger partial charge in [0.25, 0.3) is 0 Å². The number of rotatable bonds is 14. The summed E-state index contributed by atoms with van der Waals surface area (Å²) in [6.45, 7) is 3.89. The summed E-state index contributed by atoms with van der Waals surface area (Å²) < 4.78 is 6.63. The number of carbonyl (C=O) groups is 3. The predicted molar refractivity (Wildman–Crippen MR) is 167 cm³/mol. The molecule has 0 bridgehead atoms. The number of aryl methyl sites for hydroxylation is 1. The maximum absolute atomic E-state index is 13.3. The fraction of sp³-hybridized carbons (Fsp3) is 0.364. The normalized spacial score (nSPS) is 14.1. The molecule has 0 spiro atoms. The minimum Gasteiger partial charge on any atom is -0.489 e. The molecule has 1 fully saturated rings. The molecule has 9 heteroatoms. The van der Waals surface area contributed by atoms with Crippen molar-refractivity contribution < 1.29 is 19.1 Å². The summed E-state index contributed by atoms with van der Waals surface area (Å²) in [5.41, 5.74) is 8.58. The van der Waals surface area contributed by atoms with Crippen molar-refractivity contribution in [3.05, 3.63) is 99.5 Å². The minimum absolute atomic E-state index is 0.117. The SMILES string of the molecule is NC(=O)c1cc(Br)ccc1CCC(=O)NC(Cc1ccc(OCc2ccccc2)cc1)C(=O)NCCN1CCCCC1. The summed E-state index contributed by atoms with van der Waals surface area (Å²) in [7, 11) is 0. The Balaban J connectivity index is 1.36. The molecule has 0 radical (unpaired) electrons. The molecule has 1 saturated heterocycles. The van der Waals surface area contributed by atoms with Crippen molar-refractivity contribution >= 4 is 33.7 Å². The zero-order chi connectivity index (χ0) is 29.7. The van der Waals surface area contributed by atoms with E-state index in [0.717, 1.165) is 41.0 Å². The van der Waals surface area contributed by atoms with Gasteiger partial charge in [0.05, 0.1) is 0 Å². The van der Waals surface area contributed by atoms with Crippen LogP contribution in [-0.2, 0) is 29.0 Å². The number of likely N-dealkylation sites (tertiary alicyclic amines) is 1. The van der Waals surface area contributed by atoms with Crippen LogP contribution in [0.5, 0.6) is 5.75 Å². The van der Waals surface area contributed by atoms with Crippen molar-refractivity contribution in [2.75, 3.05) is 26.2 Å². The highest BCUT2D eigenvalue weighted by Crippen LogP contribution is 2.19. The molecule has 0 aliphatic carbocycles. The number of ether oxygens (including phenoxy) is 1. The first-order chi connectivity index (χ1) is 20.4. The Bertz CT molecular complexity index is 1330. The molecule has 1 heterocycles. The molecule has 4 N–H and O–H groups in total. The van der Waals surface area contributed by atoms with Crippen LogP contribution in [0.1, 0.15) is 52.7 Å². The van der Waals surface area contributed by atoms with Crippen LogP contribution in [0.3, 0.4) is 0 Å². The van der Waals surface area contributed by atoms with Crippen LogP contribution in [0.25, 0.3) is 0 Å². The number of nitrogens with two attached hydrogens (primary N) is 1. The molecule has 4 rings (SSSR count). The highest BCUT2D eigenvalue weighted by atomic mass is 79.9. The van der Waals surface area contributed by atoms with E-state index in [4.69, 9.17) is 10.5 Å². The van der Waals surface area contributed by atoms with E-state index in [1.807, 2.05) is 60.7 Å². The first-order valence-electron chi connectivity index (χ1n) is 14.5. The maximum Gasteiger partial charge on any atom is 0.249 e. The fourth-order valence-electron chi connectivity index (χ4n) is 5.06. The Kier molecular flexibility index (Phi) is 12.0. The van der Waals surface area contributed by atoms with E-state index in [2.05, 4.69) is 31.5 Å². The predicted octanol–water partition coefficient (Wildman–Crippen LogP) is 4.39. The molecule has 3 aromatic carbocycles. The Morgan fingerprint density at radius 3 is 2.38 bits per heavy atom. The third-order valence-electron chi connectivity index (χ3n) is 7.40. The number of primary amides is 1. The first kappa shape index (κ1) is 31.3. The summed E-state index contributed by atoms with van der Waals surface area (Å²) in [5, 5.41) is 5.95. The van der Waals surface area contributed by atoms with Crippen LogP contribution in [-0.4, -0.2) is 54.8 Å². The van der Waals surface area contributed by atoms with Crippen LogP contribution in [0.2, 0.25) is 0 Å². The van der Waals surface area contributed by atoms with Crippen LogP contribution in [0.4, 0.5) is 0 Å². The fourth-order valence-corrected chi connectivity index (χ4v) is 5.42. The Hall–Kier alpha value is -3.69. The van der Waals surface area contributed by atoms with Gasteiger partial charge in [0, 0.05) is 36.0 Å². The summed E-state index contributed by atoms with van der Waals surface area (Å²) in [5.74, 6) is -0.304. The van der Waals surface area contributed by atoms with Crippen molar-refractivity contribution in [1.82, 2.24) is 15.5 Å². The number of nitrogens with one attached hydrogen (secondary N) is 2. The first-order valence-corrected chi connectivity index (χ1v) is 15.3. The highest BCUT2D eigenvalue weighted by molar-refractivity contribution is 9.10. The minimum atomic E-state index is -0.740. The Morgan fingerprint density at radius 1 is 0.929 bits per heavy atom. The second kappa shape index (κ2) is 16.1. The average molecular weight is 636 g/mol. The van der Waals surface area contributed by atoms with E-state index < -0.39 is 11.9 Å². The topological polar surface area (TPSA) is 114 Å². The van der Waals surface area contributed by atoms with Gasteiger partial charge in [0.1, 0.15) is 18.4 Å². The van der Waals surface area contributed by atoms with Crippen molar-refractivity contribution in [3.8, 4) is 5.75 Å². The molecule has 42 heavy (non-hydrogen) atoms. The lowest BCUT2D eigenvalue weighted by Crippen LogP contribution is -2.49. The molecule has 3 aromatic rings. The average Bonchev–Trinajstić information content (AvgIpc) is 3.00. The van der Waals surface area contributed by atoms with E-state index >= 15 is 0 Å².